The van der Waals surface area contributed by atoms with Crippen molar-refractivity contribution in [3.05, 3.63) is 35.9 Å². The quantitative estimate of drug-likeness (QED) is 0.834. The average Bonchev–Trinajstić information content (AvgIpc) is 3.09. The number of carboxylic acid groups (broad SMARTS) is 1. The molecule has 1 N–H and O–H groups in total. The Morgan fingerprint density at radius 2 is 1.92 bits per heavy atom. The zero-order chi connectivity index (χ0) is 17.5. The van der Waals surface area contributed by atoms with Crippen molar-refractivity contribution >= 4 is 11.9 Å². The monoisotopic (exact) mass is 328 g/mol. The predicted octanol–water partition coefficient (Wildman–Crippen LogP) is 3.00. The van der Waals surface area contributed by atoms with Crippen LogP contribution in [0.2, 0.25) is 0 Å². The van der Waals surface area contributed by atoms with Crippen LogP contribution in [0.25, 0.3) is 0 Å². The molecule has 0 aromatic heterocycles. The molecule has 1 aromatic rings. The minimum Gasteiger partial charge on any atom is -0.480 e. The van der Waals surface area contributed by atoms with Crippen LogP contribution in [0.4, 0.5) is 0 Å². The van der Waals surface area contributed by atoms with Crippen molar-refractivity contribution in [3.8, 4) is 6.07 Å². The smallest absolute Gasteiger partial charge is 0.326 e. The second-order valence-corrected chi connectivity index (χ2v) is 6.46. The van der Waals surface area contributed by atoms with Gasteiger partial charge < -0.3 is 10.0 Å². The van der Waals surface area contributed by atoms with Gasteiger partial charge >= 0.3 is 5.97 Å². The van der Waals surface area contributed by atoms with Gasteiger partial charge in [-0.15, -0.1) is 0 Å². The normalized spacial score (nSPS) is 17.0. The zero-order valence-corrected chi connectivity index (χ0v) is 14.0. The molecular formula is C19H24N2O3. The van der Waals surface area contributed by atoms with Gasteiger partial charge in [-0.05, 0) is 31.2 Å². The van der Waals surface area contributed by atoms with E-state index in [0.717, 1.165) is 31.2 Å². The fraction of sp³-hybridized carbons (Fsp3) is 0.526. The number of aliphatic carboxylic acids is 1. The number of carboxylic acids is 1. The van der Waals surface area contributed by atoms with Gasteiger partial charge in [0, 0.05) is 12.5 Å². The van der Waals surface area contributed by atoms with Crippen molar-refractivity contribution in [1.29, 1.82) is 5.26 Å². The molecule has 0 saturated heterocycles. The van der Waals surface area contributed by atoms with Crippen LogP contribution in [0.15, 0.2) is 30.3 Å². The van der Waals surface area contributed by atoms with Crippen molar-refractivity contribution in [2.24, 2.45) is 5.92 Å². The summed E-state index contributed by atoms with van der Waals surface area (Å²) in [6, 6.07) is 10.1. The molecule has 1 aromatic carbocycles. The standard InChI is InChI=1S/C19H24N2O3/c1-14(16-9-5-6-10-16)21(18(22)11-12-20)17(19(23)24)13-15-7-3-2-4-8-15/h2-4,7-8,14,16-17H,5-6,9-11,13H2,1H3,(H,23,24)/t14?,17-/m0/s1. The molecule has 0 aliphatic heterocycles. The molecule has 1 unspecified atom stereocenters. The number of nitriles is 1. The number of rotatable bonds is 7. The third-order valence-electron chi connectivity index (χ3n) is 4.93. The maximum absolute atomic E-state index is 12.5. The highest BCUT2D eigenvalue weighted by molar-refractivity contribution is 5.85. The third-order valence-corrected chi connectivity index (χ3v) is 4.93. The molecule has 5 heteroatoms. The highest BCUT2D eigenvalue weighted by Crippen LogP contribution is 2.31. The number of amides is 1. The Morgan fingerprint density at radius 1 is 1.29 bits per heavy atom. The van der Waals surface area contributed by atoms with Gasteiger partial charge in [0.2, 0.25) is 5.91 Å². The molecule has 0 spiro atoms. The van der Waals surface area contributed by atoms with E-state index in [4.69, 9.17) is 5.26 Å². The highest BCUT2D eigenvalue weighted by atomic mass is 16.4. The Morgan fingerprint density at radius 3 is 2.46 bits per heavy atom. The maximum Gasteiger partial charge on any atom is 0.326 e. The van der Waals surface area contributed by atoms with Gasteiger partial charge in [-0.25, -0.2) is 4.79 Å². The first-order chi connectivity index (χ1) is 11.5. The van der Waals surface area contributed by atoms with E-state index in [1.54, 1.807) is 0 Å². The van der Waals surface area contributed by atoms with E-state index < -0.39 is 12.0 Å². The van der Waals surface area contributed by atoms with Crippen LogP contribution in [0.3, 0.4) is 0 Å². The summed E-state index contributed by atoms with van der Waals surface area (Å²) in [5, 5.41) is 18.6. The maximum atomic E-state index is 12.5. The lowest BCUT2D eigenvalue weighted by molar-refractivity contribution is -0.152. The Labute approximate surface area is 142 Å². The summed E-state index contributed by atoms with van der Waals surface area (Å²) in [6.45, 7) is 1.92. The molecule has 1 fully saturated rings. The minimum atomic E-state index is -1.02. The fourth-order valence-corrected chi connectivity index (χ4v) is 3.65. The van der Waals surface area contributed by atoms with Crippen LogP contribution in [-0.4, -0.2) is 34.0 Å². The van der Waals surface area contributed by atoms with Gasteiger partial charge in [-0.1, -0.05) is 43.2 Å². The van der Waals surface area contributed by atoms with Crippen LogP contribution < -0.4 is 0 Å². The summed E-state index contributed by atoms with van der Waals surface area (Å²) in [6.07, 6.45) is 4.22. The van der Waals surface area contributed by atoms with Gasteiger partial charge in [-0.2, -0.15) is 5.26 Å². The Kier molecular flexibility index (Phi) is 6.36. The Balaban J connectivity index is 2.28. The lowest BCUT2D eigenvalue weighted by Gasteiger charge is -2.37. The molecule has 0 heterocycles. The summed E-state index contributed by atoms with van der Waals surface area (Å²) in [4.78, 5) is 25.9. The van der Waals surface area contributed by atoms with Crippen LogP contribution in [0, 0.1) is 17.2 Å². The summed E-state index contributed by atoms with van der Waals surface area (Å²) >= 11 is 0. The molecule has 0 radical (unpaired) electrons. The van der Waals surface area contributed by atoms with Gasteiger partial charge in [0.15, 0.2) is 0 Å². The molecule has 128 valence electrons. The zero-order valence-electron chi connectivity index (χ0n) is 14.0. The summed E-state index contributed by atoms with van der Waals surface area (Å²) in [7, 11) is 0. The molecule has 5 nitrogen and oxygen atoms in total. The first-order valence-electron chi connectivity index (χ1n) is 8.49. The van der Waals surface area contributed by atoms with E-state index in [9.17, 15) is 14.7 Å². The minimum absolute atomic E-state index is 0.168. The molecule has 1 aliphatic carbocycles. The number of carbonyl (C=O) groups is 2. The second-order valence-electron chi connectivity index (χ2n) is 6.46. The van der Waals surface area contributed by atoms with Crippen molar-refractivity contribution in [2.75, 3.05) is 0 Å². The van der Waals surface area contributed by atoms with Crippen LogP contribution in [-0.2, 0) is 16.0 Å². The lowest BCUT2D eigenvalue weighted by Crippen LogP contribution is -2.52. The van der Waals surface area contributed by atoms with Crippen LogP contribution >= 0.6 is 0 Å². The van der Waals surface area contributed by atoms with Gasteiger partial charge in [0.1, 0.15) is 12.5 Å². The summed E-state index contributed by atoms with van der Waals surface area (Å²) in [5.41, 5.74) is 0.873. The molecule has 1 aliphatic rings. The average molecular weight is 328 g/mol. The van der Waals surface area contributed by atoms with E-state index >= 15 is 0 Å². The molecule has 2 rings (SSSR count). The predicted molar refractivity (Wildman–Crippen MR) is 90.1 cm³/mol. The van der Waals surface area contributed by atoms with E-state index in [1.807, 2.05) is 43.3 Å². The van der Waals surface area contributed by atoms with Crippen molar-refractivity contribution < 1.29 is 14.7 Å². The van der Waals surface area contributed by atoms with E-state index in [1.165, 1.54) is 4.90 Å². The van der Waals surface area contributed by atoms with Crippen molar-refractivity contribution in [2.45, 2.75) is 57.5 Å². The Bertz CT molecular complexity index is 603. The number of benzene rings is 1. The molecule has 0 bridgehead atoms. The van der Waals surface area contributed by atoms with Crippen molar-refractivity contribution in [1.82, 2.24) is 4.90 Å². The van der Waals surface area contributed by atoms with Crippen molar-refractivity contribution in [3.63, 3.8) is 0 Å². The molecule has 2 atom stereocenters. The highest BCUT2D eigenvalue weighted by Gasteiger charge is 2.37. The topological polar surface area (TPSA) is 81.4 Å². The van der Waals surface area contributed by atoms with Gasteiger partial charge in [0.25, 0.3) is 0 Å². The van der Waals surface area contributed by atoms with E-state index in [-0.39, 0.29) is 24.8 Å². The summed E-state index contributed by atoms with van der Waals surface area (Å²) < 4.78 is 0. The lowest BCUT2D eigenvalue weighted by atomic mass is 9.94. The summed E-state index contributed by atoms with van der Waals surface area (Å²) in [5.74, 6) is -1.10. The first kappa shape index (κ1) is 18.0. The number of carbonyl (C=O) groups excluding carboxylic acids is 1. The SMILES string of the molecule is CC(C1CCCC1)N(C(=O)CC#N)[C@@H](Cc1ccccc1)C(=O)O. The first-order valence-corrected chi connectivity index (χ1v) is 8.49. The molecule has 1 amide bonds. The Hall–Kier alpha value is -2.35. The molecule has 1 saturated carbocycles. The fourth-order valence-electron chi connectivity index (χ4n) is 3.65. The number of hydrogen-bond acceptors (Lipinski definition) is 3. The largest absolute Gasteiger partial charge is 0.480 e. The molecule has 24 heavy (non-hydrogen) atoms. The second kappa shape index (κ2) is 8.49. The number of nitrogens with zero attached hydrogens (tertiary/aromatic N) is 2. The van der Waals surface area contributed by atoms with Crippen LogP contribution in [0.1, 0.15) is 44.6 Å². The molecular weight excluding hydrogens is 304 g/mol. The number of hydrogen-bond donors (Lipinski definition) is 1. The van der Waals surface area contributed by atoms with E-state index in [0.29, 0.717) is 5.92 Å². The van der Waals surface area contributed by atoms with Crippen LogP contribution in [0.5, 0.6) is 0 Å². The van der Waals surface area contributed by atoms with E-state index in [2.05, 4.69) is 0 Å². The van der Waals surface area contributed by atoms with Gasteiger partial charge in [0.05, 0.1) is 6.07 Å². The van der Waals surface area contributed by atoms with Gasteiger partial charge in [-0.3, -0.25) is 4.79 Å². The third kappa shape index (κ3) is 4.35.